The van der Waals surface area contributed by atoms with Crippen LogP contribution < -0.4 is 4.72 Å². The molecule has 2 N–H and O–H groups in total. The summed E-state index contributed by atoms with van der Waals surface area (Å²) in [6.07, 6.45) is 3.64. The third-order valence-corrected chi connectivity index (χ3v) is 5.11. The molecule has 1 fully saturated rings. The Kier molecular flexibility index (Phi) is 5.08. The lowest BCUT2D eigenvalue weighted by atomic mass is 10.2. The van der Waals surface area contributed by atoms with E-state index in [4.69, 9.17) is 16.7 Å². The molecular formula is C13H17ClN2O4S. The molecule has 0 saturated carbocycles. The number of carboxylic acid groups (broad SMARTS) is 1. The lowest BCUT2D eigenvalue weighted by molar-refractivity contribution is 0.0698. The van der Waals surface area contributed by atoms with Crippen molar-refractivity contribution in [1.29, 1.82) is 0 Å². The van der Waals surface area contributed by atoms with E-state index in [0.29, 0.717) is 13.1 Å². The van der Waals surface area contributed by atoms with E-state index in [0.717, 1.165) is 25.7 Å². The highest BCUT2D eigenvalue weighted by Crippen LogP contribution is 2.23. The summed E-state index contributed by atoms with van der Waals surface area (Å²) in [5.74, 6) is -1.23. The highest BCUT2D eigenvalue weighted by atomic mass is 35.5. The van der Waals surface area contributed by atoms with E-state index in [-0.39, 0.29) is 16.3 Å². The summed E-state index contributed by atoms with van der Waals surface area (Å²) in [5.41, 5.74) is -0.142. The predicted octanol–water partition coefficient (Wildman–Crippen LogP) is 2.57. The Hall–Kier alpha value is -1.31. The van der Waals surface area contributed by atoms with E-state index in [1.807, 2.05) is 0 Å². The molecule has 0 atom stereocenters. The molecule has 0 aromatic heterocycles. The van der Waals surface area contributed by atoms with Crippen molar-refractivity contribution in [2.24, 2.45) is 0 Å². The molecular weight excluding hydrogens is 316 g/mol. The zero-order valence-electron chi connectivity index (χ0n) is 11.4. The van der Waals surface area contributed by atoms with Gasteiger partial charge < -0.3 is 5.11 Å². The molecule has 1 aromatic rings. The maximum absolute atomic E-state index is 12.4. The molecule has 0 unspecified atom stereocenters. The number of rotatable bonds is 4. The van der Waals surface area contributed by atoms with Gasteiger partial charge in [0.25, 0.3) is 0 Å². The molecule has 116 valence electrons. The predicted molar refractivity (Wildman–Crippen MR) is 81.0 cm³/mol. The van der Waals surface area contributed by atoms with E-state index in [2.05, 4.69) is 4.72 Å². The number of nitrogens with zero attached hydrogens (tertiary/aromatic N) is 1. The van der Waals surface area contributed by atoms with Gasteiger partial charge in [-0.15, -0.1) is 0 Å². The van der Waals surface area contributed by atoms with Crippen LogP contribution in [0.5, 0.6) is 0 Å². The van der Waals surface area contributed by atoms with E-state index >= 15 is 0 Å². The smallest absolute Gasteiger partial charge is 0.337 e. The van der Waals surface area contributed by atoms with Crippen LogP contribution in [0.15, 0.2) is 18.2 Å². The highest BCUT2D eigenvalue weighted by Gasteiger charge is 2.24. The molecule has 1 aliphatic rings. The fraction of sp³-hybridized carbons (Fsp3) is 0.462. The number of hydrogen-bond donors (Lipinski definition) is 2. The number of carbonyl (C=O) groups is 1. The van der Waals surface area contributed by atoms with Gasteiger partial charge in [-0.3, -0.25) is 4.72 Å². The first-order valence-electron chi connectivity index (χ1n) is 6.71. The number of aromatic carboxylic acids is 1. The van der Waals surface area contributed by atoms with E-state index in [1.165, 1.54) is 22.5 Å². The summed E-state index contributed by atoms with van der Waals surface area (Å²) in [7, 11) is -3.75. The monoisotopic (exact) mass is 332 g/mol. The summed E-state index contributed by atoms with van der Waals surface area (Å²) < 4.78 is 28.4. The fourth-order valence-corrected chi connectivity index (χ4v) is 3.76. The SMILES string of the molecule is O=C(O)c1cc(Cl)ccc1NS(=O)(=O)N1CCCCCC1. The van der Waals surface area contributed by atoms with Gasteiger partial charge >= 0.3 is 16.2 Å². The average molecular weight is 333 g/mol. The van der Waals surface area contributed by atoms with Gasteiger partial charge in [0, 0.05) is 18.1 Å². The molecule has 6 nitrogen and oxygen atoms in total. The molecule has 0 radical (unpaired) electrons. The molecule has 0 spiro atoms. The number of hydrogen-bond acceptors (Lipinski definition) is 3. The second kappa shape index (κ2) is 6.64. The van der Waals surface area contributed by atoms with Crippen LogP contribution in [0.1, 0.15) is 36.0 Å². The summed E-state index contributed by atoms with van der Waals surface area (Å²) in [6, 6.07) is 4.04. The summed E-state index contributed by atoms with van der Waals surface area (Å²) in [4.78, 5) is 11.2. The number of nitrogens with one attached hydrogen (secondary N) is 1. The number of benzene rings is 1. The zero-order chi connectivity index (χ0) is 15.5. The Morgan fingerprint density at radius 3 is 2.38 bits per heavy atom. The van der Waals surface area contributed by atoms with Crippen LogP contribution in [0.4, 0.5) is 5.69 Å². The number of anilines is 1. The Balaban J connectivity index is 2.25. The molecule has 0 aliphatic carbocycles. The Morgan fingerprint density at radius 2 is 1.81 bits per heavy atom. The van der Waals surface area contributed by atoms with Crippen molar-refractivity contribution >= 4 is 33.5 Å². The zero-order valence-corrected chi connectivity index (χ0v) is 13.0. The summed E-state index contributed by atoms with van der Waals surface area (Å²) in [6.45, 7) is 0.899. The minimum absolute atomic E-state index is 0.0242. The van der Waals surface area contributed by atoms with Crippen molar-refractivity contribution in [1.82, 2.24) is 4.31 Å². The molecule has 1 saturated heterocycles. The van der Waals surface area contributed by atoms with Crippen LogP contribution >= 0.6 is 11.6 Å². The third kappa shape index (κ3) is 4.09. The van der Waals surface area contributed by atoms with Gasteiger partial charge in [-0.25, -0.2) is 4.79 Å². The Morgan fingerprint density at radius 1 is 1.19 bits per heavy atom. The highest BCUT2D eigenvalue weighted by molar-refractivity contribution is 7.90. The lowest BCUT2D eigenvalue weighted by Gasteiger charge is -2.21. The van der Waals surface area contributed by atoms with E-state index < -0.39 is 16.2 Å². The van der Waals surface area contributed by atoms with Crippen molar-refractivity contribution in [3.05, 3.63) is 28.8 Å². The molecule has 1 aromatic carbocycles. The quantitative estimate of drug-likeness (QED) is 0.887. The molecule has 0 bridgehead atoms. The third-order valence-electron chi connectivity index (χ3n) is 3.36. The van der Waals surface area contributed by atoms with Crippen LogP contribution in [0, 0.1) is 0 Å². The Labute approximate surface area is 128 Å². The van der Waals surface area contributed by atoms with Gasteiger partial charge in [0.15, 0.2) is 0 Å². The summed E-state index contributed by atoms with van der Waals surface area (Å²) in [5, 5.41) is 9.38. The molecule has 0 amide bonds. The maximum atomic E-state index is 12.4. The molecule has 1 heterocycles. The van der Waals surface area contributed by atoms with Crippen LogP contribution in [0.3, 0.4) is 0 Å². The van der Waals surface area contributed by atoms with Crippen molar-refractivity contribution < 1.29 is 18.3 Å². The van der Waals surface area contributed by atoms with Gasteiger partial charge in [-0.05, 0) is 31.0 Å². The van der Waals surface area contributed by atoms with Gasteiger partial charge in [0.05, 0.1) is 11.3 Å². The minimum Gasteiger partial charge on any atom is -0.478 e. The van der Waals surface area contributed by atoms with Crippen molar-refractivity contribution in [2.45, 2.75) is 25.7 Å². The topological polar surface area (TPSA) is 86.7 Å². The molecule has 1 aliphatic heterocycles. The molecule has 21 heavy (non-hydrogen) atoms. The van der Waals surface area contributed by atoms with Crippen LogP contribution in [-0.4, -0.2) is 36.9 Å². The number of halogens is 1. The largest absolute Gasteiger partial charge is 0.478 e. The van der Waals surface area contributed by atoms with Crippen molar-refractivity contribution in [3.63, 3.8) is 0 Å². The van der Waals surface area contributed by atoms with Gasteiger partial charge in [-0.2, -0.15) is 12.7 Å². The number of carboxylic acids is 1. The van der Waals surface area contributed by atoms with Crippen LogP contribution in [-0.2, 0) is 10.2 Å². The standard InChI is InChI=1S/C13H17ClN2O4S/c14-10-5-6-12(11(9-10)13(17)18)15-21(19,20)16-7-3-1-2-4-8-16/h5-6,9,15H,1-4,7-8H2,(H,17,18). The van der Waals surface area contributed by atoms with E-state index in [1.54, 1.807) is 0 Å². The second-order valence-corrected chi connectivity index (χ2v) is 7.02. The maximum Gasteiger partial charge on any atom is 0.337 e. The summed E-state index contributed by atoms with van der Waals surface area (Å²) >= 11 is 5.75. The molecule has 2 rings (SSSR count). The Bertz CT molecular complexity index is 625. The van der Waals surface area contributed by atoms with E-state index in [9.17, 15) is 13.2 Å². The van der Waals surface area contributed by atoms with Gasteiger partial charge in [-0.1, -0.05) is 24.4 Å². The minimum atomic E-state index is -3.75. The first kappa shape index (κ1) is 16.1. The second-order valence-electron chi connectivity index (χ2n) is 4.92. The lowest BCUT2D eigenvalue weighted by Crippen LogP contribution is -2.36. The van der Waals surface area contributed by atoms with Crippen LogP contribution in [0.25, 0.3) is 0 Å². The van der Waals surface area contributed by atoms with Crippen molar-refractivity contribution in [3.8, 4) is 0 Å². The van der Waals surface area contributed by atoms with Gasteiger partial charge in [0.1, 0.15) is 0 Å². The average Bonchev–Trinajstić information content (AvgIpc) is 2.70. The first-order chi connectivity index (χ1) is 9.90. The molecule has 8 heteroatoms. The fourth-order valence-electron chi connectivity index (χ4n) is 2.27. The van der Waals surface area contributed by atoms with Crippen LogP contribution in [0.2, 0.25) is 5.02 Å². The normalized spacial score (nSPS) is 17.2. The first-order valence-corrected chi connectivity index (χ1v) is 8.53. The van der Waals surface area contributed by atoms with Crippen molar-refractivity contribution in [2.75, 3.05) is 17.8 Å². The van der Waals surface area contributed by atoms with Gasteiger partial charge in [0.2, 0.25) is 0 Å².